The lowest BCUT2D eigenvalue weighted by Gasteiger charge is -2.02. The fourth-order valence-electron chi connectivity index (χ4n) is 2.41. The molecular weight excluding hydrogens is 399 g/mol. The van der Waals surface area contributed by atoms with Gasteiger partial charge in [-0.1, -0.05) is 29.0 Å². The summed E-state index contributed by atoms with van der Waals surface area (Å²) >= 11 is 7.46. The topological polar surface area (TPSA) is 68.5 Å². The van der Waals surface area contributed by atoms with E-state index in [-0.39, 0.29) is 11.3 Å². The summed E-state index contributed by atoms with van der Waals surface area (Å²) in [5.41, 5.74) is 0.768. The first-order chi connectivity index (χ1) is 12.3. The molecule has 5 nitrogen and oxygen atoms in total. The molecule has 1 aromatic heterocycles. The molecule has 0 unspecified atom stereocenters. The highest BCUT2D eigenvalue weighted by molar-refractivity contribution is 7.91. The van der Waals surface area contributed by atoms with E-state index in [9.17, 15) is 17.6 Å². The van der Waals surface area contributed by atoms with Gasteiger partial charge in [-0.25, -0.2) is 12.8 Å². The Hall–Kier alpha value is -2.03. The maximum absolute atomic E-state index is 12.9. The summed E-state index contributed by atoms with van der Waals surface area (Å²) in [6.07, 6.45) is -0.262. The number of aromatic nitrogens is 1. The molecule has 2 aromatic carbocycles. The second kappa shape index (κ2) is 7.30. The molecule has 26 heavy (non-hydrogen) atoms. The molecule has 0 aliphatic heterocycles. The van der Waals surface area contributed by atoms with E-state index >= 15 is 0 Å². The number of carbonyl (C=O) groups is 1. The van der Waals surface area contributed by atoms with Crippen molar-refractivity contribution in [3.63, 3.8) is 0 Å². The van der Waals surface area contributed by atoms with Gasteiger partial charge in [0.1, 0.15) is 5.82 Å². The van der Waals surface area contributed by atoms with E-state index in [0.717, 1.165) is 22.3 Å². The number of hydrogen-bond acceptors (Lipinski definition) is 4. The normalized spacial score (nSPS) is 12.7. The second-order valence-electron chi connectivity index (χ2n) is 5.56. The number of rotatable bonds is 4. The molecule has 3 aromatic rings. The number of benzene rings is 2. The molecule has 0 N–H and O–H groups in total. The standard InChI is InChI=1S/C17H14ClFN2O3S2/c1-21-16-13(18)3-2-4-14(16)25-17(21)20-15(22)9-10-26(23,24)12-7-5-11(19)6-8-12/h2-8H,9-10H2,1H3. The Bertz CT molecular complexity index is 1150. The zero-order valence-electron chi connectivity index (χ0n) is 13.6. The van der Waals surface area contributed by atoms with Crippen LogP contribution in [0.2, 0.25) is 5.02 Å². The number of amides is 1. The van der Waals surface area contributed by atoms with Crippen LogP contribution in [0.15, 0.2) is 52.4 Å². The summed E-state index contributed by atoms with van der Waals surface area (Å²) in [6, 6.07) is 9.93. The van der Waals surface area contributed by atoms with Crippen molar-refractivity contribution in [2.24, 2.45) is 12.0 Å². The lowest BCUT2D eigenvalue weighted by atomic mass is 10.3. The molecule has 0 atom stereocenters. The molecule has 0 saturated heterocycles. The van der Waals surface area contributed by atoms with Gasteiger partial charge in [0.2, 0.25) is 5.91 Å². The maximum Gasteiger partial charge on any atom is 0.249 e. The molecule has 0 bridgehead atoms. The van der Waals surface area contributed by atoms with Gasteiger partial charge in [0, 0.05) is 13.5 Å². The monoisotopic (exact) mass is 412 g/mol. The average molecular weight is 413 g/mol. The van der Waals surface area contributed by atoms with E-state index < -0.39 is 27.3 Å². The first-order valence-corrected chi connectivity index (χ1v) is 10.4. The predicted octanol–water partition coefficient (Wildman–Crippen LogP) is 3.32. The van der Waals surface area contributed by atoms with Crippen molar-refractivity contribution in [1.82, 2.24) is 4.57 Å². The van der Waals surface area contributed by atoms with Crippen LogP contribution in [0.4, 0.5) is 4.39 Å². The number of hydrogen-bond donors (Lipinski definition) is 0. The quantitative estimate of drug-likeness (QED) is 0.617. The van der Waals surface area contributed by atoms with Crippen LogP contribution in [0.25, 0.3) is 10.2 Å². The van der Waals surface area contributed by atoms with Crippen LogP contribution >= 0.6 is 22.9 Å². The van der Waals surface area contributed by atoms with Crippen molar-refractivity contribution in [2.45, 2.75) is 11.3 Å². The molecular formula is C17H14ClFN2O3S2. The van der Waals surface area contributed by atoms with Crippen molar-refractivity contribution in [3.8, 4) is 0 Å². The SMILES string of the molecule is Cn1c(=NC(=O)CCS(=O)(=O)c2ccc(F)cc2)sc2cccc(Cl)c21. The fourth-order valence-corrected chi connectivity index (χ4v) is 5.06. The molecule has 0 saturated carbocycles. The Labute approximate surface area is 158 Å². The van der Waals surface area contributed by atoms with E-state index in [1.807, 2.05) is 12.1 Å². The Morgan fingerprint density at radius 3 is 2.58 bits per heavy atom. The lowest BCUT2D eigenvalue weighted by molar-refractivity contribution is -0.117. The number of aryl methyl sites for hydroxylation is 1. The van der Waals surface area contributed by atoms with E-state index in [2.05, 4.69) is 4.99 Å². The Kier molecular flexibility index (Phi) is 5.27. The molecule has 0 spiro atoms. The zero-order valence-corrected chi connectivity index (χ0v) is 16.0. The summed E-state index contributed by atoms with van der Waals surface area (Å²) in [5.74, 6) is -1.46. The summed E-state index contributed by atoms with van der Waals surface area (Å²) in [4.78, 5) is 16.6. The highest BCUT2D eigenvalue weighted by Crippen LogP contribution is 2.24. The first kappa shape index (κ1) is 18.8. The Morgan fingerprint density at radius 1 is 1.23 bits per heavy atom. The molecule has 0 radical (unpaired) electrons. The number of sulfone groups is 1. The number of thiazole rings is 1. The number of carbonyl (C=O) groups excluding carboxylic acids is 1. The van der Waals surface area contributed by atoms with Crippen LogP contribution < -0.4 is 4.80 Å². The number of nitrogens with zero attached hydrogens (tertiary/aromatic N) is 2. The smallest absolute Gasteiger partial charge is 0.249 e. The number of para-hydroxylation sites is 1. The van der Waals surface area contributed by atoms with Crippen LogP contribution in [-0.4, -0.2) is 24.6 Å². The van der Waals surface area contributed by atoms with Gasteiger partial charge in [0.15, 0.2) is 14.6 Å². The van der Waals surface area contributed by atoms with Gasteiger partial charge in [0.05, 0.1) is 25.9 Å². The molecule has 0 fully saturated rings. The molecule has 0 aliphatic rings. The minimum absolute atomic E-state index is 0.0223. The molecule has 9 heteroatoms. The van der Waals surface area contributed by atoms with Crippen molar-refractivity contribution in [2.75, 3.05) is 5.75 Å². The fraction of sp³-hybridized carbons (Fsp3) is 0.176. The van der Waals surface area contributed by atoms with Gasteiger partial charge in [-0.3, -0.25) is 4.79 Å². The largest absolute Gasteiger partial charge is 0.318 e. The van der Waals surface area contributed by atoms with Crippen molar-refractivity contribution in [1.29, 1.82) is 0 Å². The van der Waals surface area contributed by atoms with Crippen LogP contribution in [0, 0.1) is 5.82 Å². The molecule has 1 amide bonds. The lowest BCUT2D eigenvalue weighted by Crippen LogP contribution is -2.16. The Balaban J connectivity index is 1.81. The van der Waals surface area contributed by atoms with E-state index in [0.29, 0.717) is 9.82 Å². The second-order valence-corrected chi connectivity index (χ2v) is 9.08. The van der Waals surface area contributed by atoms with Gasteiger partial charge in [0.25, 0.3) is 0 Å². The minimum Gasteiger partial charge on any atom is -0.318 e. The summed E-state index contributed by atoms with van der Waals surface area (Å²) in [6.45, 7) is 0. The van der Waals surface area contributed by atoms with Crippen molar-refractivity contribution >= 4 is 48.9 Å². The summed E-state index contributed by atoms with van der Waals surface area (Å²) in [7, 11) is -1.94. The number of halogens is 2. The van der Waals surface area contributed by atoms with E-state index in [1.165, 1.54) is 23.5 Å². The average Bonchev–Trinajstić information content (AvgIpc) is 2.91. The summed E-state index contributed by atoms with van der Waals surface area (Å²) < 4.78 is 39.9. The van der Waals surface area contributed by atoms with Gasteiger partial charge in [-0.15, -0.1) is 0 Å². The third-order valence-electron chi connectivity index (χ3n) is 3.75. The Morgan fingerprint density at radius 2 is 1.92 bits per heavy atom. The van der Waals surface area contributed by atoms with Gasteiger partial charge >= 0.3 is 0 Å². The van der Waals surface area contributed by atoms with Gasteiger partial charge in [-0.05, 0) is 36.4 Å². The maximum atomic E-state index is 12.9. The van der Waals surface area contributed by atoms with Crippen LogP contribution in [0.1, 0.15) is 6.42 Å². The predicted molar refractivity (Wildman–Crippen MR) is 99.4 cm³/mol. The van der Waals surface area contributed by atoms with Gasteiger partial charge < -0.3 is 4.57 Å². The summed E-state index contributed by atoms with van der Waals surface area (Å²) in [5, 5.41) is 0.550. The molecule has 1 heterocycles. The highest BCUT2D eigenvalue weighted by atomic mass is 35.5. The van der Waals surface area contributed by atoms with Crippen LogP contribution in [0.5, 0.6) is 0 Å². The highest BCUT2D eigenvalue weighted by Gasteiger charge is 2.17. The first-order valence-electron chi connectivity index (χ1n) is 7.58. The molecule has 136 valence electrons. The van der Waals surface area contributed by atoms with Crippen LogP contribution in [0.3, 0.4) is 0 Å². The van der Waals surface area contributed by atoms with Crippen molar-refractivity contribution < 1.29 is 17.6 Å². The minimum atomic E-state index is -3.68. The van der Waals surface area contributed by atoms with E-state index in [4.69, 9.17) is 11.6 Å². The van der Waals surface area contributed by atoms with E-state index in [1.54, 1.807) is 17.7 Å². The third kappa shape index (κ3) is 3.87. The van der Waals surface area contributed by atoms with Crippen LogP contribution in [-0.2, 0) is 21.7 Å². The van der Waals surface area contributed by atoms with Crippen molar-refractivity contribution in [3.05, 3.63) is 58.1 Å². The third-order valence-corrected chi connectivity index (χ3v) is 6.89. The van der Waals surface area contributed by atoms with Gasteiger partial charge in [-0.2, -0.15) is 4.99 Å². The molecule has 3 rings (SSSR count). The zero-order chi connectivity index (χ0) is 18.9. The number of fused-ring (bicyclic) bond motifs is 1. The molecule has 0 aliphatic carbocycles.